The van der Waals surface area contributed by atoms with Gasteiger partial charge < -0.3 is 10.1 Å². The number of benzene rings is 1. The second-order valence-electron chi connectivity index (χ2n) is 6.23. The molecule has 0 amide bonds. The minimum Gasteiger partial charge on any atom is -0.377 e. The molecule has 0 bridgehead atoms. The summed E-state index contributed by atoms with van der Waals surface area (Å²) in [5.41, 5.74) is 1.17. The zero-order valence-corrected chi connectivity index (χ0v) is 13.4. The first-order valence-corrected chi connectivity index (χ1v) is 8.13. The molecule has 1 aromatic carbocycles. The molecule has 0 radical (unpaired) electrons. The predicted octanol–water partition coefficient (Wildman–Crippen LogP) is 3.54. The molecule has 1 N–H and O–H groups in total. The molecule has 1 aromatic rings. The van der Waals surface area contributed by atoms with Crippen molar-refractivity contribution < 1.29 is 9.13 Å². The van der Waals surface area contributed by atoms with Crippen LogP contribution in [-0.4, -0.2) is 26.3 Å². The van der Waals surface area contributed by atoms with Gasteiger partial charge in [0, 0.05) is 23.0 Å². The van der Waals surface area contributed by atoms with E-state index in [2.05, 4.69) is 21.2 Å². The van der Waals surface area contributed by atoms with Crippen LogP contribution in [0.4, 0.5) is 4.39 Å². The largest absolute Gasteiger partial charge is 0.377 e. The van der Waals surface area contributed by atoms with Crippen LogP contribution in [0.5, 0.6) is 0 Å². The quantitative estimate of drug-likeness (QED) is 0.884. The van der Waals surface area contributed by atoms with E-state index < -0.39 is 0 Å². The van der Waals surface area contributed by atoms with E-state index in [-0.39, 0.29) is 11.2 Å². The van der Waals surface area contributed by atoms with Gasteiger partial charge in [0.15, 0.2) is 0 Å². The molecular formula is C16H21BrFNO. The SMILES string of the molecule is CNCC1(Cc2cc(F)cc(Br)c2)CCOC1C1CC1. The smallest absolute Gasteiger partial charge is 0.124 e. The Morgan fingerprint density at radius 1 is 1.40 bits per heavy atom. The van der Waals surface area contributed by atoms with E-state index in [4.69, 9.17) is 4.74 Å². The highest BCUT2D eigenvalue weighted by Crippen LogP contribution is 2.49. The van der Waals surface area contributed by atoms with Crippen LogP contribution in [0.3, 0.4) is 0 Å². The Bertz CT molecular complexity index is 471. The minimum absolute atomic E-state index is 0.114. The van der Waals surface area contributed by atoms with Crippen LogP contribution in [-0.2, 0) is 11.2 Å². The average molecular weight is 342 g/mol. The van der Waals surface area contributed by atoms with Gasteiger partial charge in [-0.2, -0.15) is 0 Å². The van der Waals surface area contributed by atoms with E-state index in [9.17, 15) is 4.39 Å². The van der Waals surface area contributed by atoms with Crippen LogP contribution in [0.15, 0.2) is 22.7 Å². The zero-order chi connectivity index (χ0) is 14.2. The third-order valence-electron chi connectivity index (χ3n) is 4.56. The van der Waals surface area contributed by atoms with Gasteiger partial charge in [0.1, 0.15) is 5.82 Å². The summed E-state index contributed by atoms with van der Waals surface area (Å²) in [5.74, 6) is 0.540. The number of ether oxygens (including phenoxy) is 1. The first-order chi connectivity index (χ1) is 9.63. The number of hydrogen-bond donors (Lipinski definition) is 1. The van der Waals surface area contributed by atoms with Crippen molar-refractivity contribution in [3.8, 4) is 0 Å². The normalized spacial score (nSPS) is 29.9. The maximum absolute atomic E-state index is 13.6. The second kappa shape index (κ2) is 5.74. The zero-order valence-electron chi connectivity index (χ0n) is 11.8. The van der Waals surface area contributed by atoms with Gasteiger partial charge in [-0.05, 0) is 62.4 Å². The molecule has 4 heteroatoms. The molecule has 20 heavy (non-hydrogen) atoms. The molecule has 0 spiro atoms. The molecule has 2 fully saturated rings. The first kappa shape index (κ1) is 14.5. The summed E-state index contributed by atoms with van der Waals surface area (Å²) in [4.78, 5) is 0. The Kier molecular flexibility index (Phi) is 4.16. The van der Waals surface area contributed by atoms with E-state index in [0.29, 0.717) is 12.0 Å². The third-order valence-corrected chi connectivity index (χ3v) is 5.02. The maximum Gasteiger partial charge on any atom is 0.124 e. The fraction of sp³-hybridized carbons (Fsp3) is 0.625. The molecule has 3 rings (SSSR count). The van der Waals surface area contributed by atoms with Crippen molar-refractivity contribution in [2.45, 2.75) is 31.8 Å². The van der Waals surface area contributed by atoms with Gasteiger partial charge in [0.05, 0.1) is 6.10 Å². The van der Waals surface area contributed by atoms with E-state index in [1.165, 1.54) is 18.9 Å². The molecule has 1 saturated carbocycles. The Morgan fingerprint density at radius 2 is 2.20 bits per heavy atom. The van der Waals surface area contributed by atoms with Crippen LogP contribution < -0.4 is 5.32 Å². The molecule has 1 heterocycles. The summed E-state index contributed by atoms with van der Waals surface area (Å²) < 4.78 is 20.5. The van der Waals surface area contributed by atoms with Gasteiger partial charge in [0.2, 0.25) is 0 Å². The summed E-state index contributed by atoms with van der Waals surface area (Å²) in [7, 11) is 1.99. The number of rotatable bonds is 5. The second-order valence-corrected chi connectivity index (χ2v) is 7.14. The van der Waals surface area contributed by atoms with Crippen molar-refractivity contribution >= 4 is 15.9 Å². The van der Waals surface area contributed by atoms with Crippen LogP contribution in [0, 0.1) is 17.2 Å². The molecular weight excluding hydrogens is 321 g/mol. The van der Waals surface area contributed by atoms with E-state index in [0.717, 1.165) is 36.0 Å². The lowest BCUT2D eigenvalue weighted by Gasteiger charge is -2.34. The topological polar surface area (TPSA) is 21.3 Å². The standard InChI is InChI=1S/C16H21BrFNO/c1-19-10-16(4-5-20-15(16)12-2-3-12)9-11-6-13(17)8-14(18)7-11/h6-8,12,15,19H,2-5,9-10H2,1H3. The third kappa shape index (κ3) is 2.92. The van der Waals surface area contributed by atoms with Crippen molar-refractivity contribution in [3.05, 3.63) is 34.1 Å². The summed E-state index contributed by atoms with van der Waals surface area (Å²) in [6.45, 7) is 1.77. The Balaban J connectivity index is 1.86. The molecule has 2 unspecified atom stereocenters. The van der Waals surface area contributed by atoms with Crippen LogP contribution >= 0.6 is 15.9 Å². The minimum atomic E-state index is -0.170. The van der Waals surface area contributed by atoms with E-state index in [1.54, 1.807) is 6.07 Å². The van der Waals surface area contributed by atoms with Crippen LogP contribution in [0.2, 0.25) is 0 Å². The first-order valence-electron chi connectivity index (χ1n) is 7.34. The maximum atomic E-state index is 13.6. The van der Waals surface area contributed by atoms with Crippen molar-refractivity contribution in [2.75, 3.05) is 20.2 Å². The number of hydrogen-bond acceptors (Lipinski definition) is 2. The highest BCUT2D eigenvalue weighted by Gasteiger charge is 2.50. The van der Waals surface area contributed by atoms with Crippen molar-refractivity contribution in [2.24, 2.45) is 11.3 Å². The van der Waals surface area contributed by atoms with Crippen LogP contribution in [0.25, 0.3) is 0 Å². The molecule has 1 aliphatic heterocycles. The number of nitrogens with one attached hydrogen (secondary N) is 1. The van der Waals surface area contributed by atoms with E-state index in [1.807, 2.05) is 13.1 Å². The molecule has 2 atom stereocenters. The summed E-state index contributed by atoms with van der Waals surface area (Å²) in [6, 6.07) is 5.20. The fourth-order valence-corrected chi connectivity index (χ4v) is 4.17. The Morgan fingerprint density at radius 3 is 2.85 bits per heavy atom. The van der Waals surface area contributed by atoms with Gasteiger partial charge in [-0.3, -0.25) is 0 Å². The van der Waals surface area contributed by atoms with Gasteiger partial charge in [-0.25, -0.2) is 4.39 Å². The average Bonchev–Trinajstić information content (AvgIpc) is 3.12. The highest BCUT2D eigenvalue weighted by molar-refractivity contribution is 9.10. The Hall–Kier alpha value is -0.450. The monoisotopic (exact) mass is 341 g/mol. The fourth-order valence-electron chi connectivity index (χ4n) is 3.66. The molecule has 1 saturated heterocycles. The lowest BCUT2D eigenvalue weighted by Crippen LogP contribution is -2.42. The van der Waals surface area contributed by atoms with Crippen molar-refractivity contribution in [1.82, 2.24) is 5.32 Å². The van der Waals surface area contributed by atoms with E-state index >= 15 is 0 Å². The summed E-state index contributed by atoms with van der Waals surface area (Å²) in [5, 5.41) is 3.33. The Labute approximate surface area is 128 Å². The van der Waals surface area contributed by atoms with Gasteiger partial charge >= 0.3 is 0 Å². The molecule has 0 aromatic heterocycles. The van der Waals surface area contributed by atoms with Crippen molar-refractivity contribution in [1.29, 1.82) is 0 Å². The molecule has 110 valence electrons. The van der Waals surface area contributed by atoms with Gasteiger partial charge in [-0.15, -0.1) is 0 Å². The van der Waals surface area contributed by atoms with Crippen LogP contribution in [0.1, 0.15) is 24.8 Å². The molecule has 2 nitrogen and oxygen atoms in total. The van der Waals surface area contributed by atoms with Crippen molar-refractivity contribution in [3.63, 3.8) is 0 Å². The lowest BCUT2D eigenvalue weighted by atomic mass is 9.74. The lowest BCUT2D eigenvalue weighted by molar-refractivity contribution is 0.0314. The summed E-state index contributed by atoms with van der Waals surface area (Å²) in [6.07, 6.45) is 4.83. The molecule has 1 aliphatic carbocycles. The highest BCUT2D eigenvalue weighted by atomic mass is 79.9. The predicted molar refractivity (Wildman–Crippen MR) is 81.2 cm³/mol. The van der Waals surface area contributed by atoms with Gasteiger partial charge in [0.25, 0.3) is 0 Å². The van der Waals surface area contributed by atoms with Gasteiger partial charge in [-0.1, -0.05) is 15.9 Å². The molecule has 2 aliphatic rings. The summed E-state index contributed by atoms with van der Waals surface area (Å²) >= 11 is 3.39. The number of halogens is 2.